The molecule has 0 bridgehead atoms. The third-order valence-electron chi connectivity index (χ3n) is 5.03. The van der Waals surface area contributed by atoms with Crippen LogP contribution in [0.2, 0.25) is 0 Å². The van der Waals surface area contributed by atoms with Crippen molar-refractivity contribution in [2.45, 2.75) is 57.9 Å². The summed E-state index contributed by atoms with van der Waals surface area (Å²) in [6.07, 6.45) is 2.82. The highest BCUT2D eigenvalue weighted by Crippen LogP contribution is 2.26. The van der Waals surface area contributed by atoms with Crippen LogP contribution in [0.15, 0.2) is 29.2 Å². The van der Waals surface area contributed by atoms with Crippen molar-refractivity contribution in [2.75, 3.05) is 19.7 Å². The standard InChI is InChI=1S/C21H32N2O5S/c1-5-6-17(4)22-20(24)14-28-21(25)18-7-9-19(10-8-18)29(26,27)23-12-15(2)11-16(3)13-23/h7-10,15-17H,5-6,11-14H2,1-4H3,(H,22,24)/t15-,16+,17-/m0/s1. The quantitative estimate of drug-likeness (QED) is 0.648. The van der Waals surface area contributed by atoms with Gasteiger partial charge in [-0.15, -0.1) is 0 Å². The fraction of sp³-hybridized carbons (Fsp3) is 0.619. The Morgan fingerprint density at radius 2 is 1.76 bits per heavy atom. The van der Waals surface area contributed by atoms with Gasteiger partial charge in [0.15, 0.2) is 6.61 Å². The van der Waals surface area contributed by atoms with Gasteiger partial charge >= 0.3 is 5.97 Å². The Morgan fingerprint density at radius 1 is 1.17 bits per heavy atom. The monoisotopic (exact) mass is 424 g/mol. The Kier molecular flexibility index (Phi) is 8.22. The molecule has 1 aromatic rings. The van der Waals surface area contributed by atoms with Gasteiger partial charge in [0.1, 0.15) is 0 Å². The van der Waals surface area contributed by atoms with Crippen LogP contribution < -0.4 is 5.32 Å². The summed E-state index contributed by atoms with van der Waals surface area (Å²) >= 11 is 0. The van der Waals surface area contributed by atoms with Crippen LogP contribution in [-0.4, -0.2) is 50.3 Å². The lowest BCUT2D eigenvalue weighted by molar-refractivity contribution is -0.124. The van der Waals surface area contributed by atoms with Gasteiger partial charge in [0, 0.05) is 19.1 Å². The minimum absolute atomic E-state index is 0.0240. The molecule has 8 heteroatoms. The third-order valence-corrected chi connectivity index (χ3v) is 6.87. The molecule has 0 unspecified atom stereocenters. The second-order valence-electron chi connectivity index (χ2n) is 8.13. The summed E-state index contributed by atoms with van der Waals surface area (Å²) in [6, 6.07) is 5.70. The molecule has 3 atom stereocenters. The summed E-state index contributed by atoms with van der Waals surface area (Å²) in [4.78, 5) is 24.1. The molecule has 162 valence electrons. The number of nitrogens with one attached hydrogen (secondary N) is 1. The topological polar surface area (TPSA) is 92.8 Å². The van der Waals surface area contributed by atoms with Crippen LogP contribution in [0, 0.1) is 11.8 Å². The third kappa shape index (κ3) is 6.54. The number of amides is 1. The van der Waals surface area contributed by atoms with Crippen LogP contribution in [0.4, 0.5) is 0 Å². The van der Waals surface area contributed by atoms with E-state index in [1.165, 1.54) is 28.6 Å². The fourth-order valence-electron chi connectivity index (χ4n) is 3.75. The van der Waals surface area contributed by atoms with Crippen LogP contribution in [0.5, 0.6) is 0 Å². The molecule has 2 rings (SSSR count). The van der Waals surface area contributed by atoms with Crippen LogP contribution >= 0.6 is 0 Å². The van der Waals surface area contributed by atoms with E-state index >= 15 is 0 Å². The molecule has 1 aromatic carbocycles. The molecule has 0 spiro atoms. The summed E-state index contributed by atoms with van der Waals surface area (Å²) in [7, 11) is -3.60. The number of carbonyl (C=O) groups is 2. The Bertz CT molecular complexity index is 797. The molecular weight excluding hydrogens is 392 g/mol. The zero-order valence-corrected chi connectivity index (χ0v) is 18.5. The van der Waals surface area contributed by atoms with Crippen LogP contribution in [0.1, 0.15) is 57.3 Å². The predicted octanol–water partition coefficient (Wildman–Crippen LogP) is 2.81. The maximum Gasteiger partial charge on any atom is 0.338 e. The highest BCUT2D eigenvalue weighted by molar-refractivity contribution is 7.89. The first kappa shape index (κ1) is 23.3. The first-order chi connectivity index (χ1) is 13.6. The molecule has 1 heterocycles. The first-order valence-electron chi connectivity index (χ1n) is 10.2. The van der Waals surface area contributed by atoms with E-state index in [9.17, 15) is 18.0 Å². The van der Waals surface area contributed by atoms with Crippen LogP contribution in [0.3, 0.4) is 0 Å². The van der Waals surface area contributed by atoms with Gasteiger partial charge in [-0.3, -0.25) is 4.79 Å². The lowest BCUT2D eigenvalue weighted by Gasteiger charge is -2.34. The minimum atomic E-state index is -3.60. The van der Waals surface area contributed by atoms with E-state index in [1.54, 1.807) is 0 Å². The van der Waals surface area contributed by atoms with Crippen molar-refractivity contribution in [1.82, 2.24) is 9.62 Å². The van der Waals surface area contributed by atoms with E-state index in [-0.39, 0.29) is 29.0 Å². The summed E-state index contributed by atoms with van der Waals surface area (Å²) in [5.41, 5.74) is 0.207. The van der Waals surface area contributed by atoms with Crippen LogP contribution in [-0.2, 0) is 19.6 Å². The molecule has 0 aromatic heterocycles. The maximum atomic E-state index is 12.9. The van der Waals surface area contributed by atoms with Crippen molar-refractivity contribution in [3.8, 4) is 0 Å². The molecule has 29 heavy (non-hydrogen) atoms. The number of ether oxygens (including phenoxy) is 1. The SMILES string of the molecule is CCC[C@H](C)NC(=O)COC(=O)c1ccc(S(=O)(=O)N2C[C@H](C)C[C@H](C)C2)cc1. The van der Waals surface area contributed by atoms with E-state index in [1.807, 2.05) is 13.8 Å². The highest BCUT2D eigenvalue weighted by atomic mass is 32.2. The van der Waals surface area contributed by atoms with E-state index in [0.29, 0.717) is 24.9 Å². The molecule has 1 N–H and O–H groups in total. The summed E-state index contributed by atoms with van der Waals surface area (Å²) in [6.45, 7) is 8.67. The van der Waals surface area contributed by atoms with E-state index in [4.69, 9.17) is 4.74 Å². The number of esters is 1. The largest absolute Gasteiger partial charge is 0.452 e. The van der Waals surface area contributed by atoms with Crippen molar-refractivity contribution in [1.29, 1.82) is 0 Å². The summed E-state index contributed by atoms with van der Waals surface area (Å²) < 4.78 is 32.3. The predicted molar refractivity (Wildman–Crippen MR) is 111 cm³/mol. The van der Waals surface area contributed by atoms with Crippen molar-refractivity contribution in [2.24, 2.45) is 11.8 Å². The Morgan fingerprint density at radius 3 is 2.31 bits per heavy atom. The Labute approximate surface area is 173 Å². The van der Waals surface area contributed by atoms with Gasteiger partial charge in [0.05, 0.1) is 10.5 Å². The van der Waals surface area contributed by atoms with Gasteiger partial charge in [0.2, 0.25) is 10.0 Å². The lowest BCUT2D eigenvalue weighted by atomic mass is 9.94. The second-order valence-corrected chi connectivity index (χ2v) is 10.1. The molecule has 1 aliphatic heterocycles. The lowest BCUT2D eigenvalue weighted by Crippen LogP contribution is -2.42. The second kappa shape index (κ2) is 10.2. The first-order valence-corrected chi connectivity index (χ1v) is 11.6. The molecule has 0 aliphatic carbocycles. The average Bonchev–Trinajstić information content (AvgIpc) is 2.65. The molecule has 0 saturated carbocycles. The zero-order chi connectivity index (χ0) is 21.6. The van der Waals surface area contributed by atoms with E-state index in [2.05, 4.69) is 19.2 Å². The van der Waals surface area contributed by atoms with Gasteiger partial charge in [-0.2, -0.15) is 4.31 Å². The summed E-state index contributed by atoms with van der Waals surface area (Å²) in [5, 5.41) is 2.76. The van der Waals surface area contributed by atoms with Crippen LogP contribution in [0.25, 0.3) is 0 Å². The fourth-order valence-corrected chi connectivity index (χ4v) is 5.43. The number of piperidine rings is 1. The zero-order valence-electron chi connectivity index (χ0n) is 17.7. The molecule has 1 saturated heterocycles. The minimum Gasteiger partial charge on any atom is -0.452 e. The van der Waals surface area contributed by atoms with Gasteiger partial charge in [0.25, 0.3) is 5.91 Å². The smallest absolute Gasteiger partial charge is 0.338 e. The number of benzene rings is 1. The van der Waals surface area contributed by atoms with Gasteiger partial charge < -0.3 is 10.1 Å². The molecule has 7 nitrogen and oxygen atoms in total. The van der Waals surface area contributed by atoms with Crippen molar-refractivity contribution < 1.29 is 22.7 Å². The Hall–Kier alpha value is -1.93. The van der Waals surface area contributed by atoms with Crippen molar-refractivity contribution in [3.05, 3.63) is 29.8 Å². The highest BCUT2D eigenvalue weighted by Gasteiger charge is 2.31. The van der Waals surface area contributed by atoms with Crippen molar-refractivity contribution >= 4 is 21.9 Å². The van der Waals surface area contributed by atoms with Crippen molar-refractivity contribution in [3.63, 3.8) is 0 Å². The average molecular weight is 425 g/mol. The molecule has 1 aliphatic rings. The van der Waals surface area contributed by atoms with E-state index in [0.717, 1.165) is 19.3 Å². The molecular formula is C21H32N2O5S. The molecule has 1 fully saturated rings. The number of hydrogen-bond donors (Lipinski definition) is 1. The number of hydrogen-bond acceptors (Lipinski definition) is 5. The number of sulfonamides is 1. The number of carbonyl (C=O) groups excluding carboxylic acids is 2. The number of rotatable bonds is 8. The maximum absolute atomic E-state index is 12.9. The Balaban J connectivity index is 1.97. The van der Waals surface area contributed by atoms with Gasteiger partial charge in [-0.25, -0.2) is 13.2 Å². The molecule has 1 amide bonds. The van der Waals surface area contributed by atoms with Gasteiger partial charge in [-0.1, -0.05) is 27.2 Å². The number of nitrogens with zero attached hydrogens (tertiary/aromatic N) is 1. The van der Waals surface area contributed by atoms with Gasteiger partial charge in [-0.05, 0) is 55.9 Å². The summed E-state index contributed by atoms with van der Waals surface area (Å²) in [5.74, 6) is -0.387. The van der Waals surface area contributed by atoms with E-state index < -0.39 is 16.0 Å². The normalized spacial score (nSPS) is 21.4. The molecule has 0 radical (unpaired) electrons.